The van der Waals surface area contributed by atoms with Gasteiger partial charge in [0, 0.05) is 142 Å². The molecule has 13 nitrogen and oxygen atoms in total. The number of hydrogen-bond acceptors (Lipinski definition) is 7. The molecule has 336 valence electrons. The molecular weight excluding hydrogens is 819 g/mol. The topological polar surface area (TPSA) is 120 Å². The molecule has 12 heterocycles. The van der Waals surface area contributed by atoms with Crippen molar-refractivity contribution in [3.8, 4) is 0 Å². The third kappa shape index (κ3) is 10.1. The van der Waals surface area contributed by atoms with Gasteiger partial charge in [0.15, 0.2) is 5.65 Å². The predicted octanol–water partition coefficient (Wildman–Crippen LogP) is 10.7. The highest BCUT2D eigenvalue weighted by atomic mass is 15.1. The quantitative estimate of drug-likeness (QED) is 0.149. The number of nitrogens with zero attached hydrogens (tertiary/aromatic N) is 13. The molecule has 12 aromatic rings. The maximum atomic E-state index is 4.31. The Labute approximate surface area is 385 Å². The van der Waals surface area contributed by atoms with Gasteiger partial charge >= 0.3 is 0 Å². The van der Waals surface area contributed by atoms with E-state index < -0.39 is 0 Å². The van der Waals surface area contributed by atoms with Gasteiger partial charge in [-0.3, -0.25) is 19.9 Å². The van der Waals surface area contributed by atoms with Crippen LogP contribution in [0.5, 0.6) is 0 Å². The first-order chi connectivity index (χ1) is 31.7. The second-order valence-electron chi connectivity index (χ2n) is 16.4. The molecule has 0 aliphatic carbocycles. The summed E-state index contributed by atoms with van der Waals surface area (Å²) in [6, 6.07) is 28.6. The molecule has 13 heteroatoms. The van der Waals surface area contributed by atoms with Crippen molar-refractivity contribution < 1.29 is 0 Å². The summed E-state index contributed by atoms with van der Waals surface area (Å²) in [7, 11) is 12.2. The summed E-state index contributed by atoms with van der Waals surface area (Å²) in [6.07, 6.45) is 16.8. The van der Waals surface area contributed by atoms with E-state index >= 15 is 0 Å². The van der Waals surface area contributed by atoms with Crippen molar-refractivity contribution >= 4 is 65.9 Å². The van der Waals surface area contributed by atoms with Gasteiger partial charge in [-0.15, -0.1) is 0 Å². The zero-order chi connectivity index (χ0) is 47.1. The molecule has 66 heavy (non-hydrogen) atoms. The van der Waals surface area contributed by atoms with Crippen molar-refractivity contribution in [2.24, 2.45) is 42.3 Å². The Morgan fingerprint density at radius 3 is 1.64 bits per heavy atom. The van der Waals surface area contributed by atoms with Gasteiger partial charge in [0.25, 0.3) is 0 Å². The van der Waals surface area contributed by atoms with Crippen LogP contribution in [0.25, 0.3) is 65.9 Å². The Balaban J connectivity index is 0.000000118. The lowest BCUT2D eigenvalue weighted by Crippen LogP contribution is -1.91. The fourth-order valence-corrected chi connectivity index (χ4v) is 7.65. The number of pyridine rings is 6. The summed E-state index contributed by atoms with van der Waals surface area (Å²) in [6.45, 7) is 12.4. The average Bonchev–Trinajstić information content (AvgIpc) is 4.13. The first kappa shape index (κ1) is 46.1. The van der Waals surface area contributed by atoms with Crippen LogP contribution in [-0.2, 0) is 42.3 Å². The minimum atomic E-state index is 0.949. The van der Waals surface area contributed by atoms with E-state index in [0.717, 1.165) is 33.7 Å². The standard InChI is InChI=1S/5C9H10N2.C8H9N3/c1-7-5-8-6-10-4-3-9(8)11(7)2;1-7-5-8-3-4-10-6-9(8)11(7)2;1-7-9-8(6-11(7)2)4-3-5-10-9;1-7-6-8-9(11(7)2)4-3-5-10-8;1-7-6-8-4-3-5-10-9(8)11(7)2;1-6-10-7-4-3-5-9-8(7)11(6)2/h5*3-6H,1-2H3;3-5H,1-2H3. The number of aryl methyl sites for hydroxylation is 12. The first-order valence-corrected chi connectivity index (χ1v) is 21.8. The second kappa shape index (κ2) is 20.3. The molecule has 12 rings (SSSR count). The van der Waals surface area contributed by atoms with Crippen molar-refractivity contribution in [2.45, 2.75) is 41.5 Å². The monoisotopic (exact) mass is 878 g/mol. The molecule has 0 unspecified atom stereocenters. The van der Waals surface area contributed by atoms with Crippen LogP contribution >= 0.6 is 0 Å². The lowest BCUT2D eigenvalue weighted by Gasteiger charge is -1.96. The highest BCUT2D eigenvalue weighted by Crippen LogP contribution is 2.19. The van der Waals surface area contributed by atoms with Crippen LogP contribution in [0.15, 0.2) is 141 Å². The SMILES string of the molecule is Cc1c2ncccc2cn1C.Cc1cc2cccnc2n1C.Cc1cc2ccncc2n1C.Cc1cc2cnccc2n1C.Cc1cc2ncccc2n1C.Cc1nc2cccnc2n1C. The largest absolute Gasteiger partial charge is 0.352 e. The van der Waals surface area contributed by atoms with Gasteiger partial charge in [0.2, 0.25) is 0 Å². The van der Waals surface area contributed by atoms with E-state index in [1.807, 2.05) is 118 Å². The molecule has 0 amide bonds. The zero-order valence-corrected chi connectivity index (χ0v) is 40.1. The van der Waals surface area contributed by atoms with Gasteiger partial charge in [-0.1, -0.05) is 0 Å². The van der Waals surface area contributed by atoms with Crippen LogP contribution in [-0.4, -0.2) is 62.3 Å². The van der Waals surface area contributed by atoms with Crippen LogP contribution in [0.1, 0.15) is 34.3 Å². The molecule has 0 radical (unpaired) electrons. The van der Waals surface area contributed by atoms with Gasteiger partial charge in [-0.25, -0.2) is 15.0 Å². The van der Waals surface area contributed by atoms with Crippen LogP contribution < -0.4 is 0 Å². The van der Waals surface area contributed by atoms with Crippen molar-refractivity contribution in [3.63, 3.8) is 0 Å². The van der Waals surface area contributed by atoms with E-state index in [0.29, 0.717) is 0 Å². The smallest absolute Gasteiger partial charge is 0.159 e. The number of rotatable bonds is 0. The normalized spacial score (nSPS) is 10.7. The van der Waals surface area contributed by atoms with Crippen LogP contribution in [0.4, 0.5) is 0 Å². The zero-order valence-electron chi connectivity index (χ0n) is 40.1. The minimum Gasteiger partial charge on any atom is -0.352 e. The molecule has 0 N–H and O–H groups in total. The van der Waals surface area contributed by atoms with Gasteiger partial charge in [0.1, 0.15) is 17.0 Å². The molecule has 0 bridgehead atoms. The maximum absolute atomic E-state index is 4.31. The Morgan fingerprint density at radius 1 is 0.394 bits per heavy atom. The van der Waals surface area contributed by atoms with E-state index in [1.165, 1.54) is 66.6 Å². The summed E-state index contributed by atoms with van der Waals surface area (Å²) in [5, 5.41) is 4.91. The van der Waals surface area contributed by atoms with Crippen LogP contribution in [0, 0.1) is 41.5 Å². The molecule has 12 aromatic heterocycles. The molecule has 0 aromatic carbocycles. The van der Waals surface area contributed by atoms with Crippen molar-refractivity contribution in [1.82, 2.24) is 62.3 Å². The maximum Gasteiger partial charge on any atom is 0.159 e. The highest BCUT2D eigenvalue weighted by Gasteiger charge is 2.05. The first-order valence-electron chi connectivity index (χ1n) is 21.8. The van der Waals surface area contributed by atoms with E-state index in [1.54, 1.807) is 6.20 Å². The van der Waals surface area contributed by atoms with Gasteiger partial charge in [-0.2, -0.15) is 0 Å². The van der Waals surface area contributed by atoms with Crippen molar-refractivity contribution in [3.05, 3.63) is 175 Å². The number of aromatic nitrogens is 13. The Morgan fingerprint density at radius 2 is 0.955 bits per heavy atom. The number of fused-ring (bicyclic) bond motifs is 6. The van der Waals surface area contributed by atoms with E-state index in [4.69, 9.17) is 0 Å². The summed E-state index contributed by atoms with van der Waals surface area (Å²) < 4.78 is 12.6. The van der Waals surface area contributed by atoms with Crippen molar-refractivity contribution in [2.75, 3.05) is 0 Å². The molecule has 0 spiro atoms. The van der Waals surface area contributed by atoms with E-state index in [9.17, 15) is 0 Å². The Hall–Kier alpha value is -7.93. The van der Waals surface area contributed by atoms with Gasteiger partial charge in [-0.05, 0) is 126 Å². The van der Waals surface area contributed by atoms with E-state index in [-0.39, 0.29) is 0 Å². The van der Waals surface area contributed by atoms with Gasteiger partial charge in [0.05, 0.1) is 33.8 Å². The molecule has 0 atom stereocenters. The fraction of sp³-hybridized carbons (Fsp3) is 0.226. The van der Waals surface area contributed by atoms with Crippen molar-refractivity contribution in [1.29, 1.82) is 0 Å². The lowest BCUT2D eigenvalue weighted by molar-refractivity contribution is 0.874. The average molecular weight is 878 g/mol. The number of imidazole rings is 1. The Bertz CT molecular complexity index is 2930. The molecule has 0 saturated heterocycles. The molecular formula is C53H59N13. The summed E-state index contributed by atoms with van der Waals surface area (Å²) in [4.78, 5) is 29.4. The summed E-state index contributed by atoms with van der Waals surface area (Å²) in [5.74, 6) is 0.999. The third-order valence-electron chi connectivity index (χ3n) is 12.1. The number of hydrogen-bond donors (Lipinski definition) is 0. The minimum absolute atomic E-state index is 0.949. The molecule has 0 aliphatic heterocycles. The molecule has 0 saturated carbocycles. The lowest BCUT2D eigenvalue weighted by atomic mass is 10.3. The summed E-state index contributed by atoms with van der Waals surface area (Å²) in [5.41, 5.74) is 15.1. The summed E-state index contributed by atoms with van der Waals surface area (Å²) >= 11 is 0. The molecule has 0 fully saturated rings. The highest BCUT2D eigenvalue weighted by molar-refractivity contribution is 5.82. The van der Waals surface area contributed by atoms with Gasteiger partial charge < -0.3 is 27.4 Å². The fourth-order valence-electron chi connectivity index (χ4n) is 7.65. The molecule has 0 aliphatic rings. The van der Waals surface area contributed by atoms with Crippen LogP contribution in [0.3, 0.4) is 0 Å². The predicted molar refractivity (Wildman–Crippen MR) is 271 cm³/mol. The van der Waals surface area contributed by atoms with Crippen LogP contribution in [0.2, 0.25) is 0 Å². The third-order valence-corrected chi connectivity index (χ3v) is 12.1. The second-order valence-corrected chi connectivity index (χ2v) is 16.4. The Kier molecular flexibility index (Phi) is 14.2. The van der Waals surface area contributed by atoms with E-state index in [2.05, 4.69) is 162 Å².